The summed E-state index contributed by atoms with van der Waals surface area (Å²) in [5, 5.41) is 0. The predicted octanol–water partition coefficient (Wildman–Crippen LogP) is 1.17. The van der Waals surface area contributed by atoms with E-state index < -0.39 is 11.8 Å². The van der Waals surface area contributed by atoms with Crippen LogP contribution in [0, 0.1) is 11.8 Å². The molecular formula is C14H24O6. The van der Waals surface area contributed by atoms with Gasteiger partial charge in [-0.1, -0.05) is 0 Å². The number of carbonyl (C=O) groups is 2. The molecule has 1 aliphatic carbocycles. The summed E-state index contributed by atoms with van der Waals surface area (Å²) in [4.78, 5) is 24.1. The summed E-state index contributed by atoms with van der Waals surface area (Å²) in [7, 11) is 3.15. The third kappa shape index (κ3) is 3.93. The topological polar surface area (TPSA) is 71.1 Å². The number of hydrogen-bond donors (Lipinski definition) is 0. The van der Waals surface area contributed by atoms with Gasteiger partial charge in [0.05, 0.1) is 37.3 Å². The summed E-state index contributed by atoms with van der Waals surface area (Å²) in [6.07, 6.45) is 0.356. The number of hydrogen-bond acceptors (Lipinski definition) is 6. The lowest BCUT2D eigenvalue weighted by Crippen LogP contribution is -2.47. The van der Waals surface area contributed by atoms with E-state index in [2.05, 4.69) is 0 Å². The third-order valence-electron chi connectivity index (χ3n) is 3.66. The van der Waals surface area contributed by atoms with Crippen LogP contribution in [-0.4, -0.2) is 51.6 Å². The van der Waals surface area contributed by atoms with Crippen molar-refractivity contribution >= 4 is 11.9 Å². The lowest BCUT2D eigenvalue weighted by Gasteiger charge is -2.37. The molecule has 20 heavy (non-hydrogen) atoms. The highest BCUT2D eigenvalue weighted by molar-refractivity contribution is 5.82. The molecule has 1 rings (SSSR count). The smallest absolute Gasteiger partial charge is 0.309 e. The van der Waals surface area contributed by atoms with Gasteiger partial charge in [-0.3, -0.25) is 9.59 Å². The summed E-state index contributed by atoms with van der Waals surface area (Å²) >= 11 is 0. The summed E-state index contributed by atoms with van der Waals surface area (Å²) in [6.45, 7) is 4.06. The molecule has 116 valence electrons. The van der Waals surface area contributed by atoms with E-state index >= 15 is 0 Å². The molecule has 1 saturated carbocycles. The molecule has 0 aromatic heterocycles. The van der Waals surface area contributed by atoms with Gasteiger partial charge in [0.25, 0.3) is 0 Å². The Balaban J connectivity index is 2.89. The fourth-order valence-electron chi connectivity index (χ4n) is 2.65. The third-order valence-corrected chi connectivity index (χ3v) is 3.66. The molecule has 1 aliphatic rings. The Labute approximate surface area is 119 Å². The van der Waals surface area contributed by atoms with E-state index in [1.165, 1.54) is 0 Å². The van der Waals surface area contributed by atoms with Gasteiger partial charge in [-0.15, -0.1) is 0 Å². The Morgan fingerprint density at radius 3 is 1.45 bits per heavy atom. The van der Waals surface area contributed by atoms with Gasteiger partial charge in [-0.2, -0.15) is 0 Å². The second-order valence-electron chi connectivity index (χ2n) is 4.74. The van der Waals surface area contributed by atoms with Crippen molar-refractivity contribution in [3.8, 4) is 0 Å². The molecular weight excluding hydrogens is 264 g/mol. The van der Waals surface area contributed by atoms with Gasteiger partial charge in [0, 0.05) is 14.2 Å². The van der Waals surface area contributed by atoms with Crippen LogP contribution in [0.25, 0.3) is 0 Å². The standard InChI is InChI=1S/C14H24O6/c1-5-19-13(15)9-7-11(17-3)12(18-4)8-10(9)14(16)20-6-2/h9-12H,5-8H2,1-4H3/t9-,10-,11-,12-/m0/s1. The molecule has 0 amide bonds. The van der Waals surface area contributed by atoms with Crippen molar-refractivity contribution in [3.05, 3.63) is 0 Å². The maximum Gasteiger partial charge on any atom is 0.309 e. The lowest BCUT2D eigenvalue weighted by molar-refractivity contribution is -0.171. The normalized spacial score (nSPS) is 29.8. The number of esters is 2. The van der Waals surface area contributed by atoms with E-state index in [0.29, 0.717) is 12.8 Å². The fourth-order valence-corrected chi connectivity index (χ4v) is 2.65. The van der Waals surface area contributed by atoms with Crippen molar-refractivity contribution in [2.75, 3.05) is 27.4 Å². The van der Waals surface area contributed by atoms with Crippen LogP contribution in [-0.2, 0) is 28.5 Å². The van der Waals surface area contributed by atoms with E-state index in [9.17, 15) is 9.59 Å². The van der Waals surface area contributed by atoms with Crippen LogP contribution in [0.4, 0.5) is 0 Å². The fraction of sp³-hybridized carbons (Fsp3) is 0.857. The Bertz CT molecular complexity index is 298. The Hall–Kier alpha value is -1.14. The van der Waals surface area contributed by atoms with Gasteiger partial charge < -0.3 is 18.9 Å². The minimum atomic E-state index is -0.537. The van der Waals surface area contributed by atoms with Crippen molar-refractivity contribution in [2.24, 2.45) is 11.8 Å². The molecule has 0 saturated heterocycles. The molecule has 0 N–H and O–H groups in total. The molecule has 0 heterocycles. The molecule has 6 heteroatoms. The van der Waals surface area contributed by atoms with Gasteiger partial charge in [0.2, 0.25) is 0 Å². The summed E-state index contributed by atoms with van der Waals surface area (Å²) < 4.78 is 20.8. The number of ether oxygens (including phenoxy) is 4. The lowest BCUT2D eigenvalue weighted by atomic mass is 9.76. The van der Waals surface area contributed by atoms with Crippen LogP contribution in [0.5, 0.6) is 0 Å². The first-order chi connectivity index (χ1) is 9.58. The zero-order valence-electron chi connectivity index (χ0n) is 12.6. The summed E-state index contributed by atoms with van der Waals surface area (Å²) in [5.41, 5.74) is 0. The van der Waals surface area contributed by atoms with E-state index in [4.69, 9.17) is 18.9 Å². The molecule has 0 aromatic rings. The monoisotopic (exact) mass is 288 g/mol. The zero-order valence-corrected chi connectivity index (χ0v) is 12.6. The highest BCUT2D eigenvalue weighted by Gasteiger charge is 2.45. The second-order valence-corrected chi connectivity index (χ2v) is 4.74. The van der Waals surface area contributed by atoms with E-state index in [1.807, 2.05) is 0 Å². The zero-order chi connectivity index (χ0) is 15.1. The highest BCUT2D eigenvalue weighted by Crippen LogP contribution is 2.35. The molecule has 6 nitrogen and oxygen atoms in total. The highest BCUT2D eigenvalue weighted by atomic mass is 16.5. The average Bonchev–Trinajstić information content (AvgIpc) is 2.46. The molecule has 0 aliphatic heterocycles. The van der Waals surface area contributed by atoms with Gasteiger partial charge in [0.15, 0.2) is 0 Å². The van der Waals surface area contributed by atoms with Gasteiger partial charge in [0.1, 0.15) is 0 Å². The van der Waals surface area contributed by atoms with E-state index in [0.717, 1.165) is 0 Å². The molecule has 0 radical (unpaired) electrons. The predicted molar refractivity (Wildman–Crippen MR) is 71.1 cm³/mol. The van der Waals surface area contributed by atoms with Gasteiger partial charge >= 0.3 is 11.9 Å². The van der Waals surface area contributed by atoms with Crippen molar-refractivity contribution in [1.82, 2.24) is 0 Å². The first-order valence-electron chi connectivity index (χ1n) is 6.97. The molecule has 0 spiro atoms. The first kappa shape index (κ1) is 16.9. The number of rotatable bonds is 6. The van der Waals surface area contributed by atoms with Crippen molar-refractivity contribution in [2.45, 2.75) is 38.9 Å². The van der Waals surface area contributed by atoms with Crippen molar-refractivity contribution in [3.63, 3.8) is 0 Å². The molecule has 0 unspecified atom stereocenters. The molecule has 0 aromatic carbocycles. The van der Waals surface area contributed by atoms with Gasteiger partial charge in [-0.05, 0) is 26.7 Å². The largest absolute Gasteiger partial charge is 0.466 e. The Morgan fingerprint density at radius 1 is 0.850 bits per heavy atom. The maximum absolute atomic E-state index is 12.0. The van der Waals surface area contributed by atoms with E-state index in [1.54, 1.807) is 28.1 Å². The van der Waals surface area contributed by atoms with Crippen LogP contribution in [0.15, 0.2) is 0 Å². The SMILES string of the molecule is CCOC(=O)[C@H]1C[C@H](OC)[C@@H](OC)C[C@@H]1C(=O)OCC. The minimum absolute atomic E-state index is 0.222. The Kier molecular flexibility index (Phi) is 6.95. The summed E-state index contributed by atoms with van der Waals surface area (Å²) in [5.74, 6) is -1.82. The molecule has 4 atom stereocenters. The quantitative estimate of drug-likeness (QED) is 0.683. The average molecular weight is 288 g/mol. The van der Waals surface area contributed by atoms with Crippen LogP contribution >= 0.6 is 0 Å². The number of carbonyl (C=O) groups excluding carboxylic acids is 2. The maximum atomic E-state index is 12.0. The van der Waals surface area contributed by atoms with E-state index in [-0.39, 0.29) is 37.4 Å². The summed E-state index contributed by atoms with van der Waals surface area (Å²) in [6, 6.07) is 0. The number of methoxy groups -OCH3 is 2. The van der Waals surface area contributed by atoms with Crippen LogP contribution in [0.1, 0.15) is 26.7 Å². The van der Waals surface area contributed by atoms with Crippen LogP contribution < -0.4 is 0 Å². The second kappa shape index (κ2) is 8.21. The first-order valence-corrected chi connectivity index (χ1v) is 6.97. The Morgan fingerprint density at radius 2 is 1.20 bits per heavy atom. The van der Waals surface area contributed by atoms with Crippen LogP contribution in [0.2, 0.25) is 0 Å². The van der Waals surface area contributed by atoms with Gasteiger partial charge in [-0.25, -0.2) is 0 Å². The molecule has 1 fully saturated rings. The van der Waals surface area contributed by atoms with Crippen molar-refractivity contribution < 1.29 is 28.5 Å². The minimum Gasteiger partial charge on any atom is -0.466 e. The van der Waals surface area contributed by atoms with Crippen molar-refractivity contribution in [1.29, 1.82) is 0 Å². The van der Waals surface area contributed by atoms with Crippen LogP contribution in [0.3, 0.4) is 0 Å². The molecule has 0 bridgehead atoms.